The fraction of sp³-hybridized carbons (Fsp3) is 0.400. The highest BCUT2D eigenvalue weighted by molar-refractivity contribution is 5.85. The fourth-order valence-corrected chi connectivity index (χ4v) is 1.60. The van der Waals surface area contributed by atoms with Crippen LogP contribution >= 0.6 is 12.4 Å². The first-order valence-corrected chi connectivity index (χ1v) is 4.64. The number of halogens is 4. The molecular weight excluding hydrogens is 243 g/mol. The van der Waals surface area contributed by atoms with E-state index in [9.17, 15) is 18.3 Å². The molecule has 1 aromatic carbocycles. The van der Waals surface area contributed by atoms with E-state index in [1.54, 1.807) is 0 Å². The van der Waals surface area contributed by atoms with E-state index >= 15 is 0 Å². The monoisotopic (exact) mass is 253 g/mol. The molecule has 0 saturated heterocycles. The molecule has 0 aliphatic heterocycles. The summed E-state index contributed by atoms with van der Waals surface area (Å²) in [5, 5.41) is 9.32. The largest absolute Gasteiger partial charge is 0.507 e. The Morgan fingerprint density at radius 2 is 1.81 bits per heavy atom. The number of phenols is 1. The first kappa shape index (κ1) is 13.1. The molecule has 1 atom stereocenters. The van der Waals surface area contributed by atoms with Crippen molar-refractivity contribution in [1.29, 1.82) is 0 Å². The van der Waals surface area contributed by atoms with Gasteiger partial charge in [-0.05, 0) is 18.8 Å². The van der Waals surface area contributed by atoms with Crippen LogP contribution in [0.1, 0.15) is 24.4 Å². The predicted octanol–water partition coefficient (Wildman–Crippen LogP) is 2.64. The Bertz CT molecular complexity index is 410. The number of hydrogen-bond acceptors (Lipinski definition) is 2. The Hall–Kier alpha value is -0.940. The zero-order valence-corrected chi connectivity index (χ0v) is 9.03. The highest BCUT2D eigenvalue weighted by Crippen LogP contribution is 2.43. The van der Waals surface area contributed by atoms with Crippen molar-refractivity contribution in [3.63, 3.8) is 0 Å². The van der Waals surface area contributed by atoms with Gasteiger partial charge in [0.15, 0.2) is 17.5 Å². The molecule has 0 radical (unpaired) electrons. The second-order valence-electron chi connectivity index (χ2n) is 3.78. The Morgan fingerprint density at radius 3 is 2.31 bits per heavy atom. The number of hydrogen-bond donors (Lipinski definition) is 2. The van der Waals surface area contributed by atoms with Gasteiger partial charge in [0.25, 0.3) is 0 Å². The molecule has 0 unspecified atom stereocenters. The maximum atomic E-state index is 13.3. The van der Waals surface area contributed by atoms with Gasteiger partial charge in [0.1, 0.15) is 5.75 Å². The molecule has 90 valence electrons. The normalized spacial score (nSPS) is 16.8. The molecule has 2 nitrogen and oxygen atoms in total. The zero-order valence-electron chi connectivity index (χ0n) is 8.21. The van der Waals surface area contributed by atoms with Crippen molar-refractivity contribution in [3.05, 3.63) is 29.1 Å². The molecule has 0 aromatic heterocycles. The first-order chi connectivity index (χ1) is 7.02. The molecule has 16 heavy (non-hydrogen) atoms. The average molecular weight is 254 g/mol. The summed E-state index contributed by atoms with van der Waals surface area (Å²) >= 11 is 0. The van der Waals surface area contributed by atoms with Crippen LogP contribution < -0.4 is 5.73 Å². The van der Waals surface area contributed by atoms with Crippen LogP contribution in [-0.2, 0) is 0 Å². The predicted molar refractivity (Wildman–Crippen MR) is 54.9 cm³/mol. The number of aromatic hydroxyl groups is 1. The maximum Gasteiger partial charge on any atom is 0.195 e. The van der Waals surface area contributed by atoms with E-state index in [2.05, 4.69) is 0 Å². The van der Waals surface area contributed by atoms with E-state index in [0.29, 0.717) is 6.07 Å². The van der Waals surface area contributed by atoms with Crippen LogP contribution in [0.2, 0.25) is 0 Å². The van der Waals surface area contributed by atoms with Crippen LogP contribution in [0.5, 0.6) is 5.75 Å². The van der Waals surface area contributed by atoms with Crippen molar-refractivity contribution in [1.82, 2.24) is 0 Å². The molecular formula is C10H11ClF3NO. The van der Waals surface area contributed by atoms with Gasteiger partial charge in [-0.1, -0.05) is 0 Å². The van der Waals surface area contributed by atoms with Crippen molar-refractivity contribution in [2.75, 3.05) is 0 Å². The first-order valence-electron chi connectivity index (χ1n) is 4.64. The smallest absolute Gasteiger partial charge is 0.195 e. The van der Waals surface area contributed by atoms with Gasteiger partial charge < -0.3 is 10.8 Å². The molecule has 0 amide bonds. The standard InChI is InChI=1S/C10H10F3NO.ClH/c11-5-3-6(15)7(9(13)8(5)12)10(14)4-1-2-4;/h3-4,10,15H,1-2,14H2;1H/t10-;/m0./s1. The van der Waals surface area contributed by atoms with Crippen molar-refractivity contribution >= 4 is 12.4 Å². The highest BCUT2D eigenvalue weighted by Gasteiger charge is 2.34. The summed E-state index contributed by atoms with van der Waals surface area (Å²) in [6.07, 6.45) is 1.64. The van der Waals surface area contributed by atoms with Gasteiger partial charge in [0.2, 0.25) is 0 Å². The van der Waals surface area contributed by atoms with E-state index in [4.69, 9.17) is 5.73 Å². The van der Waals surface area contributed by atoms with Gasteiger partial charge in [-0.25, -0.2) is 13.2 Å². The third kappa shape index (κ3) is 2.10. The van der Waals surface area contributed by atoms with E-state index in [1.807, 2.05) is 0 Å². The van der Waals surface area contributed by atoms with Gasteiger partial charge in [0.05, 0.1) is 0 Å². The van der Waals surface area contributed by atoms with Gasteiger partial charge in [-0.3, -0.25) is 0 Å². The second-order valence-corrected chi connectivity index (χ2v) is 3.78. The number of nitrogens with two attached hydrogens (primary N) is 1. The molecule has 0 bridgehead atoms. The van der Waals surface area contributed by atoms with E-state index < -0.39 is 29.2 Å². The minimum Gasteiger partial charge on any atom is -0.507 e. The molecule has 1 aliphatic carbocycles. The van der Waals surface area contributed by atoms with Gasteiger partial charge >= 0.3 is 0 Å². The Morgan fingerprint density at radius 1 is 1.25 bits per heavy atom. The van der Waals surface area contributed by atoms with Crippen LogP contribution in [0.25, 0.3) is 0 Å². The van der Waals surface area contributed by atoms with Gasteiger partial charge in [-0.15, -0.1) is 12.4 Å². The van der Waals surface area contributed by atoms with Gasteiger partial charge in [-0.2, -0.15) is 0 Å². The summed E-state index contributed by atoms with van der Waals surface area (Å²) in [5.74, 6) is -4.94. The van der Waals surface area contributed by atoms with E-state index in [1.165, 1.54) is 0 Å². The third-order valence-electron chi connectivity index (χ3n) is 2.64. The van der Waals surface area contributed by atoms with Gasteiger partial charge in [0, 0.05) is 17.7 Å². The summed E-state index contributed by atoms with van der Waals surface area (Å²) in [6, 6.07) is -0.212. The zero-order chi connectivity index (χ0) is 11.2. The van der Waals surface area contributed by atoms with Crippen molar-refractivity contribution in [3.8, 4) is 5.75 Å². The topological polar surface area (TPSA) is 46.2 Å². The van der Waals surface area contributed by atoms with Crippen LogP contribution in [0.3, 0.4) is 0 Å². The van der Waals surface area contributed by atoms with Crippen LogP contribution in [-0.4, -0.2) is 5.11 Å². The molecule has 1 aromatic rings. The summed E-state index contributed by atoms with van der Waals surface area (Å²) in [5.41, 5.74) is 5.31. The molecule has 1 aliphatic rings. The quantitative estimate of drug-likeness (QED) is 0.796. The van der Waals surface area contributed by atoms with Crippen LogP contribution in [0, 0.1) is 23.4 Å². The fourth-order valence-electron chi connectivity index (χ4n) is 1.60. The van der Waals surface area contributed by atoms with Crippen molar-refractivity contribution in [2.24, 2.45) is 11.7 Å². The summed E-state index contributed by atoms with van der Waals surface area (Å²) < 4.78 is 38.9. The molecule has 1 fully saturated rings. The molecule has 0 spiro atoms. The third-order valence-corrected chi connectivity index (χ3v) is 2.64. The number of benzene rings is 1. The minimum atomic E-state index is -1.58. The number of rotatable bonds is 2. The van der Waals surface area contributed by atoms with Crippen LogP contribution in [0.4, 0.5) is 13.2 Å². The summed E-state index contributed by atoms with van der Waals surface area (Å²) in [7, 11) is 0. The highest BCUT2D eigenvalue weighted by atomic mass is 35.5. The lowest BCUT2D eigenvalue weighted by Crippen LogP contribution is -2.15. The summed E-state index contributed by atoms with van der Waals surface area (Å²) in [6.45, 7) is 0. The molecule has 0 heterocycles. The Balaban J connectivity index is 0.00000128. The SMILES string of the molecule is Cl.N[C@H](c1c(O)cc(F)c(F)c1F)C1CC1. The van der Waals surface area contributed by atoms with Crippen LogP contribution in [0.15, 0.2) is 6.07 Å². The Labute approximate surface area is 96.7 Å². The number of phenolic OH excluding ortho intramolecular Hbond substituents is 1. The Kier molecular flexibility index (Phi) is 3.70. The summed E-state index contributed by atoms with van der Waals surface area (Å²) in [4.78, 5) is 0. The second kappa shape index (κ2) is 4.51. The average Bonchev–Trinajstić information content (AvgIpc) is 2.97. The molecule has 2 rings (SSSR count). The molecule has 6 heteroatoms. The van der Waals surface area contributed by atoms with Crippen molar-refractivity contribution in [2.45, 2.75) is 18.9 Å². The van der Waals surface area contributed by atoms with E-state index in [-0.39, 0.29) is 23.9 Å². The van der Waals surface area contributed by atoms with E-state index in [0.717, 1.165) is 12.8 Å². The molecule has 3 N–H and O–H groups in total. The lowest BCUT2D eigenvalue weighted by atomic mass is 10.0. The van der Waals surface area contributed by atoms with Crippen molar-refractivity contribution < 1.29 is 18.3 Å². The maximum absolute atomic E-state index is 13.3. The lowest BCUT2D eigenvalue weighted by molar-refractivity contribution is 0.396. The lowest BCUT2D eigenvalue weighted by Gasteiger charge is -2.14. The molecule has 1 saturated carbocycles. The minimum absolute atomic E-state index is 0.